The Morgan fingerprint density at radius 2 is 2.00 bits per heavy atom. The van der Waals surface area contributed by atoms with Crippen molar-refractivity contribution in [1.29, 1.82) is 0 Å². The van der Waals surface area contributed by atoms with E-state index < -0.39 is 23.6 Å². The van der Waals surface area contributed by atoms with Gasteiger partial charge in [0.25, 0.3) is 5.56 Å². The highest BCUT2D eigenvalue weighted by atomic mass is 19.4. The number of aromatic nitrogens is 2. The number of alkyl halides is 3. The number of aromatic amines is 1. The number of nitrogens with zero attached hydrogens (tertiary/aromatic N) is 1. The molecule has 0 saturated heterocycles. The number of esters is 1. The van der Waals surface area contributed by atoms with E-state index in [0.29, 0.717) is 0 Å². The van der Waals surface area contributed by atoms with Crippen LogP contribution < -0.4 is 10.3 Å². The highest BCUT2D eigenvalue weighted by Crippen LogP contribution is 2.26. The molecule has 0 aliphatic carbocycles. The molecule has 2 rings (SSSR count). The molecule has 0 fully saturated rings. The highest BCUT2D eigenvalue weighted by Gasteiger charge is 2.32. The maximum Gasteiger partial charge on any atom is 0.573 e. The first-order valence-electron chi connectivity index (χ1n) is 6.61. The number of benzene rings is 1. The molecule has 0 amide bonds. The van der Waals surface area contributed by atoms with Gasteiger partial charge in [-0.15, -0.1) is 13.2 Å². The summed E-state index contributed by atoms with van der Waals surface area (Å²) in [6.07, 6.45) is -4.84. The molecule has 0 atom stereocenters. The van der Waals surface area contributed by atoms with Crippen molar-refractivity contribution in [1.82, 2.24) is 9.78 Å². The number of halogens is 3. The number of ether oxygens (including phenoxy) is 2. The number of H-pyrrole nitrogens is 1. The van der Waals surface area contributed by atoms with Crippen LogP contribution in [0.1, 0.15) is 23.0 Å². The first-order valence-corrected chi connectivity index (χ1v) is 6.61. The highest BCUT2D eigenvalue weighted by molar-refractivity contribution is 5.86. The molecule has 2 aromatic rings. The summed E-state index contributed by atoms with van der Waals surface area (Å²) in [6, 6.07) is 6.44. The number of para-hydroxylation sites is 1. The fourth-order valence-corrected chi connectivity index (χ4v) is 1.89. The topological polar surface area (TPSA) is 73.3 Å². The predicted octanol–water partition coefficient (Wildman–Crippen LogP) is 2.30. The van der Waals surface area contributed by atoms with Crippen LogP contribution in [0.3, 0.4) is 0 Å². The summed E-state index contributed by atoms with van der Waals surface area (Å²) < 4.78 is 46.8. The third-order valence-electron chi connectivity index (χ3n) is 2.81. The Hall–Kier alpha value is -2.71. The van der Waals surface area contributed by atoms with Crippen LogP contribution in [-0.4, -0.2) is 28.7 Å². The lowest BCUT2D eigenvalue weighted by Gasteiger charge is -2.13. The lowest BCUT2D eigenvalue weighted by molar-refractivity contribution is -0.274. The number of rotatable bonds is 5. The molecule has 1 aromatic carbocycles. The van der Waals surface area contributed by atoms with Crippen LogP contribution in [0.5, 0.6) is 5.75 Å². The van der Waals surface area contributed by atoms with Crippen molar-refractivity contribution in [2.75, 3.05) is 6.61 Å². The molecule has 6 nitrogen and oxygen atoms in total. The second kappa shape index (κ2) is 6.59. The monoisotopic (exact) mass is 330 g/mol. The summed E-state index contributed by atoms with van der Waals surface area (Å²) in [5, 5.41) is 2.50. The third-order valence-corrected chi connectivity index (χ3v) is 2.81. The second-order valence-electron chi connectivity index (χ2n) is 4.47. The largest absolute Gasteiger partial charge is 0.573 e. The summed E-state index contributed by atoms with van der Waals surface area (Å²) >= 11 is 0. The van der Waals surface area contributed by atoms with E-state index in [9.17, 15) is 22.8 Å². The SMILES string of the molecule is CCOC(=O)c1cc(=O)n(Cc2ccccc2OC(F)(F)F)[nH]1. The molecule has 0 spiro atoms. The molecule has 1 aromatic heterocycles. The fraction of sp³-hybridized carbons (Fsp3) is 0.286. The first kappa shape index (κ1) is 16.7. The van der Waals surface area contributed by atoms with Gasteiger partial charge in [0.15, 0.2) is 0 Å². The van der Waals surface area contributed by atoms with Crippen LogP contribution in [0.2, 0.25) is 0 Å². The smallest absolute Gasteiger partial charge is 0.461 e. The average molecular weight is 330 g/mol. The molecule has 0 aliphatic rings. The molecule has 9 heteroatoms. The number of carbonyl (C=O) groups is 1. The third kappa shape index (κ3) is 4.38. The number of hydrogen-bond acceptors (Lipinski definition) is 4. The molecule has 0 radical (unpaired) electrons. The summed E-state index contributed by atoms with van der Waals surface area (Å²) in [4.78, 5) is 23.3. The Kier molecular flexibility index (Phi) is 4.77. The van der Waals surface area contributed by atoms with Gasteiger partial charge in [0.2, 0.25) is 0 Å². The fourth-order valence-electron chi connectivity index (χ4n) is 1.89. The van der Waals surface area contributed by atoms with Gasteiger partial charge < -0.3 is 9.47 Å². The second-order valence-corrected chi connectivity index (χ2v) is 4.47. The van der Waals surface area contributed by atoms with Crippen molar-refractivity contribution in [2.24, 2.45) is 0 Å². The molecule has 0 aliphatic heterocycles. The molecule has 1 heterocycles. The van der Waals surface area contributed by atoms with Gasteiger partial charge in [-0.25, -0.2) is 9.48 Å². The molecule has 1 N–H and O–H groups in total. The van der Waals surface area contributed by atoms with E-state index in [0.717, 1.165) is 16.8 Å². The summed E-state index contributed by atoms with van der Waals surface area (Å²) in [7, 11) is 0. The Bertz CT molecular complexity index is 749. The van der Waals surface area contributed by atoms with Gasteiger partial charge in [0, 0.05) is 11.6 Å². The maximum atomic E-state index is 12.4. The van der Waals surface area contributed by atoms with Crippen LogP contribution in [-0.2, 0) is 11.3 Å². The normalized spacial score (nSPS) is 11.3. The van der Waals surface area contributed by atoms with Gasteiger partial charge in [-0.05, 0) is 13.0 Å². The van der Waals surface area contributed by atoms with E-state index in [1.54, 1.807) is 6.92 Å². The van der Waals surface area contributed by atoms with Gasteiger partial charge in [0.05, 0.1) is 13.2 Å². The van der Waals surface area contributed by atoms with Gasteiger partial charge in [-0.2, -0.15) is 0 Å². The van der Waals surface area contributed by atoms with E-state index in [4.69, 9.17) is 4.74 Å². The number of hydrogen-bond donors (Lipinski definition) is 1. The molecule has 0 saturated carbocycles. The van der Waals surface area contributed by atoms with Crippen molar-refractivity contribution in [2.45, 2.75) is 19.8 Å². The van der Waals surface area contributed by atoms with E-state index in [-0.39, 0.29) is 24.4 Å². The minimum Gasteiger partial charge on any atom is -0.461 e. The summed E-state index contributed by atoms with van der Waals surface area (Å²) in [5.41, 5.74) is -0.523. The Labute approximate surface area is 128 Å². The molecular weight excluding hydrogens is 317 g/mol. The molecule has 23 heavy (non-hydrogen) atoms. The van der Waals surface area contributed by atoms with E-state index >= 15 is 0 Å². The lowest BCUT2D eigenvalue weighted by Crippen LogP contribution is -2.21. The molecule has 0 unspecified atom stereocenters. The average Bonchev–Trinajstić information content (AvgIpc) is 2.81. The van der Waals surface area contributed by atoms with E-state index in [1.165, 1.54) is 18.2 Å². The van der Waals surface area contributed by atoms with Crippen molar-refractivity contribution in [3.8, 4) is 5.75 Å². The summed E-state index contributed by atoms with van der Waals surface area (Å²) in [6.45, 7) is 1.52. The van der Waals surface area contributed by atoms with Gasteiger partial charge >= 0.3 is 12.3 Å². The van der Waals surface area contributed by atoms with Gasteiger partial charge in [-0.1, -0.05) is 18.2 Å². The van der Waals surface area contributed by atoms with Crippen LogP contribution in [0.25, 0.3) is 0 Å². The molecule has 124 valence electrons. The van der Waals surface area contributed by atoms with Gasteiger partial charge in [-0.3, -0.25) is 9.89 Å². The van der Waals surface area contributed by atoms with E-state index in [1.807, 2.05) is 0 Å². The first-order chi connectivity index (χ1) is 10.8. The van der Waals surface area contributed by atoms with Crippen LogP contribution in [0.4, 0.5) is 13.2 Å². The minimum atomic E-state index is -4.84. The quantitative estimate of drug-likeness (QED) is 0.854. The van der Waals surface area contributed by atoms with Crippen molar-refractivity contribution >= 4 is 5.97 Å². The Morgan fingerprint density at radius 3 is 2.65 bits per heavy atom. The number of nitrogens with one attached hydrogen (secondary N) is 1. The summed E-state index contributed by atoms with van der Waals surface area (Å²) in [5.74, 6) is -1.14. The number of carbonyl (C=O) groups excluding carboxylic acids is 1. The molecule has 0 bridgehead atoms. The standard InChI is InChI=1S/C14H13F3N2O4/c1-2-22-13(21)10-7-12(20)19(18-10)8-9-5-3-4-6-11(9)23-14(15,16)17/h3-7,18H,2,8H2,1H3. The van der Waals surface area contributed by atoms with E-state index in [2.05, 4.69) is 9.84 Å². The van der Waals surface area contributed by atoms with Crippen LogP contribution >= 0.6 is 0 Å². The maximum absolute atomic E-state index is 12.4. The zero-order valence-corrected chi connectivity index (χ0v) is 12.0. The van der Waals surface area contributed by atoms with Gasteiger partial charge in [0.1, 0.15) is 11.4 Å². The molecular formula is C14H13F3N2O4. The minimum absolute atomic E-state index is 0.0777. The predicted molar refractivity (Wildman–Crippen MR) is 73.2 cm³/mol. The zero-order valence-electron chi connectivity index (χ0n) is 12.0. The Balaban J connectivity index is 2.26. The van der Waals surface area contributed by atoms with Crippen molar-refractivity contribution in [3.63, 3.8) is 0 Å². The Morgan fingerprint density at radius 1 is 1.30 bits per heavy atom. The van der Waals surface area contributed by atoms with Crippen LogP contribution in [0, 0.1) is 0 Å². The lowest BCUT2D eigenvalue weighted by atomic mass is 10.2. The van der Waals surface area contributed by atoms with Crippen LogP contribution in [0.15, 0.2) is 35.1 Å². The zero-order chi connectivity index (χ0) is 17.0. The van der Waals surface area contributed by atoms with Crippen molar-refractivity contribution < 1.29 is 27.4 Å². The van der Waals surface area contributed by atoms with Crippen molar-refractivity contribution in [3.05, 3.63) is 51.9 Å².